The predicted molar refractivity (Wildman–Crippen MR) is 67.5 cm³/mol. The highest BCUT2D eigenvalue weighted by Gasteiger charge is 2.29. The summed E-state index contributed by atoms with van der Waals surface area (Å²) < 4.78 is 26.1. The highest BCUT2D eigenvalue weighted by molar-refractivity contribution is 7.91. The van der Waals surface area contributed by atoms with E-state index in [-0.39, 0.29) is 18.4 Å². The predicted octanol–water partition coefficient (Wildman–Crippen LogP) is 1.28. The number of nitrogens with zero attached hydrogens (tertiary/aromatic N) is 1. The molecule has 2 heterocycles. The topological polar surface area (TPSA) is 63.4 Å². The van der Waals surface area contributed by atoms with Gasteiger partial charge in [-0.3, -0.25) is 0 Å². The first kappa shape index (κ1) is 13.9. The molecule has 0 aliphatic carbocycles. The number of sulfonamides is 1. The van der Waals surface area contributed by atoms with Crippen LogP contribution >= 0.6 is 23.7 Å². The van der Waals surface area contributed by atoms with E-state index < -0.39 is 10.0 Å². The first-order chi connectivity index (χ1) is 7.10. The third kappa shape index (κ3) is 2.75. The molecule has 0 radical (unpaired) electrons. The maximum atomic E-state index is 12.1. The molecule has 1 saturated heterocycles. The summed E-state index contributed by atoms with van der Waals surface area (Å²) in [5.41, 5.74) is 5.77. The smallest absolute Gasteiger partial charge is 0.252 e. The Kier molecular flexibility index (Phi) is 4.75. The van der Waals surface area contributed by atoms with Gasteiger partial charge in [-0.15, -0.1) is 23.7 Å². The fraction of sp³-hybridized carbons (Fsp3) is 0.556. The molecule has 1 aliphatic heterocycles. The number of hydrogen-bond acceptors (Lipinski definition) is 4. The Balaban J connectivity index is 0.00000128. The number of halogens is 1. The van der Waals surface area contributed by atoms with Crippen molar-refractivity contribution in [2.45, 2.75) is 23.1 Å². The molecule has 2 rings (SSSR count). The normalized spacial score (nSPS) is 22.7. The van der Waals surface area contributed by atoms with Crippen molar-refractivity contribution < 1.29 is 8.42 Å². The summed E-state index contributed by atoms with van der Waals surface area (Å²) >= 11 is 1.25. The number of rotatable bonds is 2. The first-order valence-corrected chi connectivity index (χ1v) is 7.22. The molecule has 16 heavy (non-hydrogen) atoms. The van der Waals surface area contributed by atoms with Crippen LogP contribution in [0.15, 0.2) is 21.7 Å². The lowest BCUT2D eigenvalue weighted by molar-refractivity contribution is 0.316. The zero-order chi connectivity index (χ0) is 10.9. The van der Waals surface area contributed by atoms with Crippen LogP contribution in [-0.4, -0.2) is 31.9 Å². The van der Waals surface area contributed by atoms with Gasteiger partial charge in [0.1, 0.15) is 4.21 Å². The number of piperidine rings is 1. The lowest BCUT2D eigenvalue weighted by Gasteiger charge is -2.29. The Morgan fingerprint density at radius 2 is 2.25 bits per heavy atom. The minimum Gasteiger partial charge on any atom is -0.327 e. The van der Waals surface area contributed by atoms with Crippen molar-refractivity contribution >= 4 is 33.8 Å². The second kappa shape index (κ2) is 5.46. The summed E-state index contributed by atoms with van der Waals surface area (Å²) in [4.78, 5) is 0. The monoisotopic (exact) mass is 282 g/mol. The molecule has 1 fully saturated rings. The molecule has 0 unspecified atom stereocenters. The van der Waals surface area contributed by atoms with Crippen LogP contribution in [0, 0.1) is 0 Å². The Bertz CT molecular complexity index is 419. The van der Waals surface area contributed by atoms with Gasteiger partial charge in [-0.2, -0.15) is 4.31 Å². The molecular weight excluding hydrogens is 268 g/mol. The van der Waals surface area contributed by atoms with Crippen LogP contribution in [0.1, 0.15) is 12.8 Å². The molecule has 0 spiro atoms. The highest BCUT2D eigenvalue weighted by atomic mass is 35.5. The fourth-order valence-electron chi connectivity index (χ4n) is 1.73. The molecule has 1 aromatic rings. The van der Waals surface area contributed by atoms with E-state index in [0.29, 0.717) is 17.3 Å². The van der Waals surface area contributed by atoms with Gasteiger partial charge in [0.2, 0.25) is 0 Å². The van der Waals surface area contributed by atoms with E-state index in [4.69, 9.17) is 5.73 Å². The molecule has 0 amide bonds. The zero-order valence-corrected chi connectivity index (χ0v) is 11.2. The highest BCUT2D eigenvalue weighted by Crippen LogP contribution is 2.23. The van der Waals surface area contributed by atoms with Gasteiger partial charge in [0, 0.05) is 19.1 Å². The van der Waals surface area contributed by atoms with Gasteiger partial charge in [0.05, 0.1) is 0 Å². The second-order valence-electron chi connectivity index (χ2n) is 3.70. The maximum absolute atomic E-state index is 12.1. The molecule has 0 aromatic carbocycles. The second-order valence-corrected chi connectivity index (χ2v) is 6.81. The van der Waals surface area contributed by atoms with Gasteiger partial charge in [-0.1, -0.05) is 6.07 Å². The van der Waals surface area contributed by atoms with Crippen LogP contribution < -0.4 is 5.73 Å². The van der Waals surface area contributed by atoms with Gasteiger partial charge in [-0.25, -0.2) is 8.42 Å². The van der Waals surface area contributed by atoms with Gasteiger partial charge in [0.25, 0.3) is 10.0 Å². The minimum atomic E-state index is -3.28. The van der Waals surface area contributed by atoms with Crippen LogP contribution in [0.2, 0.25) is 0 Å². The van der Waals surface area contributed by atoms with Crippen LogP contribution in [-0.2, 0) is 10.0 Å². The molecule has 7 heteroatoms. The summed E-state index contributed by atoms with van der Waals surface area (Å²) in [5, 5.41) is 1.77. The first-order valence-electron chi connectivity index (χ1n) is 4.90. The third-order valence-electron chi connectivity index (χ3n) is 2.51. The molecule has 1 aromatic heterocycles. The van der Waals surface area contributed by atoms with Gasteiger partial charge in [0.15, 0.2) is 0 Å². The molecule has 1 aliphatic rings. The van der Waals surface area contributed by atoms with Crippen molar-refractivity contribution in [3.63, 3.8) is 0 Å². The molecular formula is C9H15ClN2O2S2. The quantitative estimate of drug-likeness (QED) is 0.889. The molecule has 2 N–H and O–H groups in total. The Labute approximate surface area is 106 Å². The van der Waals surface area contributed by atoms with Crippen molar-refractivity contribution in [3.8, 4) is 0 Å². The SMILES string of the molecule is Cl.N[C@@H]1CCCN(S(=O)(=O)c2cccs2)C1. The number of thiophene rings is 1. The molecule has 92 valence electrons. The largest absolute Gasteiger partial charge is 0.327 e. The van der Waals surface area contributed by atoms with Crippen LogP contribution in [0.25, 0.3) is 0 Å². The average Bonchev–Trinajstić information content (AvgIpc) is 2.71. The van der Waals surface area contributed by atoms with Gasteiger partial charge in [-0.05, 0) is 24.3 Å². The molecule has 0 bridgehead atoms. The lowest BCUT2D eigenvalue weighted by Crippen LogP contribution is -2.45. The van der Waals surface area contributed by atoms with E-state index in [1.807, 2.05) is 0 Å². The summed E-state index contributed by atoms with van der Waals surface area (Å²) in [6.07, 6.45) is 1.77. The van der Waals surface area contributed by atoms with E-state index in [1.54, 1.807) is 17.5 Å². The van der Waals surface area contributed by atoms with Crippen LogP contribution in [0.3, 0.4) is 0 Å². The standard InChI is InChI=1S/C9H14N2O2S2.ClH/c10-8-3-1-5-11(7-8)15(12,13)9-4-2-6-14-9;/h2,4,6,8H,1,3,5,7,10H2;1H/t8-;/m1./s1. The Morgan fingerprint density at radius 3 is 2.81 bits per heavy atom. The fourth-order valence-corrected chi connectivity index (χ4v) is 4.41. The Hall–Kier alpha value is -0.140. The Morgan fingerprint density at radius 1 is 1.50 bits per heavy atom. The van der Waals surface area contributed by atoms with E-state index in [2.05, 4.69) is 0 Å². The zero-order valence-electron chi connectivity index (χ0n) is 8.70. The van der Waals surface area contributed by atoms with Crippen molar-refractivity contribution in [2.75, 3.05) is 13.1 Å². The van der Waals surface area contributed by atoms with E-state index >= 15 is 0 Å². The van der Waals surface area contributed by atoms with Crippen molar-refractivity contribution in [1.82, 2.24) is 4.31 Å². The molecule has 0 saturated carbocycles. The van der Waals surface area contributed by atoms with Gasteiger partial charge >= 0.3 is 0 Å². The van der Waals surface area contributed by atoms with E-state index in [9.17, 15) is 8.42 Å². The molecule has 1 atom stereocenters. The summed E-state index contributed by atoms with van der Waals surface area (Å²) in [6.45, 7) is 1.04. The summed E-state index contributed by atoms with van der Waals surface area (Å²) in [5.74, 6) is 0. The van der Waals surface area contributed by atoms with Crippen molar-refractivity contribution in [1.29, 1.82) is 0 Å². The van der Waals surface area contributed by atoms with Gasteiger partial charge < -0.3 is 5.73 Å². The third-order valence-corrected chi connectivity index (χ3v) is 5.75. The van der Waals surface area contributed by atoms with Crippen LogP contribution in [0.5, 0.6) is 0 Å². The minimum absolute atomic E-state index is 0. The van der Waals surface area contributed by atoms with Crippen molar-refractivity contribution in [2.24, 2.45) is 5.73 Å². The van der Waals surface area contributed by atoms with Crippen LogP contribution in [0.4, 0.5) is 0 Å². The maximum Gasteiger partial charge on any atom is 0.252 e. The number of hydrogen-bond donors (Lipinski definition) is 1. The van der Waals surface area contributed by atoms with Crippen molar-refractivity contribution in [3.05, 3.63) is 17.5 Å². The number of nitrogens with two attached hydrogens (primary N) is 1. The lowest BCUT2D eigenvalue weighted by atomic mass is 10.1. The summed E-state index contributed by atoms with van der Waals surface area (Å²) in [7, 11) is -3.28. The van der Waals surface area contributed by atoms with E-state index in [1.165, 1.54) is 15.6 Å². The van der Waals surface area contributed by atoms with E-state index in [0.717, 1.165) is 12.8 Å². The molecule has 4 nitrogen and oxygen atoms in total. The summed E-state index contributed by atoms with van der Waals surface area (Å²) in [6, 6.07) is 3.37. The average molecular weight is 283 g/mol.